The summed E-state index contributed by atoms with van der Waals surface area (Å²) in [5, 5.41) is 4.30. The zero-order valence-electron chi connectivity index (χ0n) is 17.3. The quantitative estimate of drug-likeness (QED) is 0.780. The Hall–Kier alpha value is -2.70. The molecule has 0 N–H and O–H groups in total. The number of aromatic nitrogens is 3. The second-order valence-electron chi connectivity index (χ2n) is 8.30. The molecular formula is C22H29N5O2. The summed E-state index contributed by atoms with van der Waals surface area (Å²) >= 11 is 0. The van der Waals surface area contributed by atoms with Gasteiger partial charge >= 0.3 is 0 Å². The van der Waals surface area contributed by atoms with Crippen LogP contribution in [0.25, 0.3) is 0 Å². The summed E-state index contributed by atoms with van der Waals surface area (Å²) in [5.74, 6) is 0.364. The Morgan fingerprint density at radius 2 is 2.07 bits per heavy atom. The van der Waals surface area contributed by atoms with Crippen LogP contribution in [0.15, 0.2) is 30.6 Å². The van der Waals surface area contributed by atoms with Gasteiger partial charge in [-0.05, 0) is 50.3 Å². The van der Waals surface area contributed by atoms with Gasteiger partial charge in [0.05, 0.1) is 5.69 Å². The number of aryl methyl sites for hydroxylation is 2. The minimum Gasteiger partial charge on any atom is -0.335 e. The van der Waals surface area contributed by atoms with Crippen molar-refractivity contribution in [1.29, 1.82) is 0 Å². The fourth-order valence-corrected chi connectivity index (χ4v) is 4.33. The smallest absolute Gasteiger partial charge is 0.272 e. The van der Waals surface area contributed by atoms with Gasteiger partial charge in [0.1, 0.15) is 5.69 Å². The maximum absolute atomic E-state index is 13.2. The highest BCUT2D eigenvalue weighted by molar-refractivity contribution is 5.93. The van der Waals surface area contributed by atoms with Crippen LogP contribution in [0.2, 0.25) is 0 Å². The van der Waals surface area contributed by atoms with Crippen LogP contribution >= 0.6 is 0 Å². The molecule has 29 heavy (non-hydrogen) atoms. The van der Waals surface area contributed by atoms with Crippen molar-refractivity contribution < 1.29 is 9.59 Å². The summed E-state index contributed by atoms with van der Waals surface area (Å²) in [6, 6.07) is 5.79. The molecule has 1 saturated carbocycles. The van der Waals surface area contributed by atoms with Crippen LogP contribution in [0.1, 0.15) is 53.8 Å². The summed E-state index contributed by atoms with van der Waals surface area (Å²) in [4.78, 5) is 34.4. The highest BCUT2D eigenvalue weighted by Gasteiger charge is 2.36. The molecule has 0 bridgehead atoms. The van der Waals surface area contributed by atoms with Crippen molar-refractivity contribution >= 4 is 11.8 Å². The van der Waals surface area contributed by atoms with Crippen molar-refractivity contribution in [3.8, 4) is 0 Å². The molecule has 2 aromatic heterocycles. The second-order valence-corrected chi connectivity index (χ2v) is 8.30. The van der Waals surface area contributed by atoms with E-state index in [4.69, 9.17) is 0 Å². The van der Waals surface area contributed by atoms with Crippen LogP contribution in [-0.4, -0.2) is 55.5 Å². The molecule has 1 saturated heterocycles. The lowest BCUT2D eigenvalue weighted by Crippen LogP contribution is -2.53. The zero-order valence-corrected chi connectivity index (χ0v) is 17.3. The molecule has 7 nitrogen and oxygen atoms in total. The molecule has 2 amide bonds. The average molecular weight is 396 g/mol. The Kier molecular flexibility index (Phi) is 5.65. The number of hydrogen-bond donors (Lipinski definition) is 0. The molecule has 0 radical (unpaired) electrons. The molecular weight excluding hydrogens is 366 g/mol. The van der Waals surface area contributed by atoms with E-state index < -0.39 is 0 Å². The Morgan fingerprint density at radius 3 is 2.69 bits per heavy atom. The normalized spacial score (nSPS) is 19.7. The molecule has 2 fully saturated rings. The van der Waals surface area contributed by atoms with E-state index in [-0.39, 0.29) is 23.8 Å². The first-order valence-corrected chi connectivity index (χ1v) is 10.5. The molecule has 3 heterocycles. The molecule has 4 rings (SSSR count). The Bertz CT molecular complexity index is 875. The van der Waals surface area contributed by atoms with E-state index in [0.717, 1.165) is 49.9 Å². The van der Waals surface area contributed by atoms with Crippen molar-refractivity contribution in [1.82, 2.24) is 24.6 Å². The van der Waals surface area contributed by atoms with Crippen LogP contribution in [-0.2, 0) is 18.4 Å². The molecule has 154 valence electrons. The van der Waals surface area contributed by atoms with Gasteiger partial charge in [0.15, 0.2) is 0 Å². The summed E-state index contributed by atoms with van der Waals surface area (Å²) in [5.41, 5.74) is 2.47. The fraction of sp³-hybridized carbons (Fsp3) is 0.545. The van der Waals surface area contributed by atoms with Crippen LogP contribution in [0, 0.1) is 12.8 Å². The lowest BCUT2D eigenvalue weighted by molar-refractivity contribution is -0.142. The summed E-state index contributed by atoms with van der Waals surface area (Å²) < 4.78 is 1.65. The largest absolute Gasteiger partial charge is 0.335 e. The van der Waals surface area contributed by atoms with Gasteiger partial charge in [-0.2, -0.15) is 5.10 Å². The van der Waals surface area contributed by atoms with Crippen LogP contribution in [0.4, 0.5) is 0 Å². The van der Waals surface area contributed by atoms with Gasteiger partial charge in [-0.15, -0.1) is 0 Å². The molecule has 1 aliphatic carbocycles. The molecule has 1 unspecified atom stereocenters. The van der Waals surface area contributed by atoms with Crippen LogP contribution in [0.5, 0.6) is 0 Å². The molecule has 1 atom stereocenters. The number of carbonyl (C=O) groups excluding carboxylic acids is 2. The van der Waals surface area contributed by atoms with Crippen molar-refractivity contribution in [2.24, 2.45) is 13.0 Å². The average Bonchev–Trinajstić information content (AvgIpc) is 3.03. The number of nitrogens with zero attached hydrogens (tertiary/aromatic N) is 5. The highest BCUT2D eigenvalue weighted by atomic mass is 16.2. The molecule has 1 aliphatic heterocycles. The third kappa shape index (κ3) is 4.18. The first-order valence-electron chi connectivity index (χ1n) is 10.5. The maximum Gasteiger partial charge on any atom is 0.272 e. The third-order valence-electron chi connectivity index (χ3n) is 6.16. The summed E-state index contributed by atoms with van der Waals surface area (Å²) in [7, 11) is 1.80. The topological polar surface area (TPSA) is 71.3 Å². The predicted molar refractivity (Wildman–Crippen MR) is 109 cm³/mol. The van der Waals surface area contributed by atoms with E-state index in [1.165, 1.54) is 0 Å². The molecule has 2 aliphatic rings. The van der Waals surface area contributed by atoms with Gasteiger partial charge in [-0.25, -0.2) is 0 Å². The van der Waals surface area contributed by atoms with E-state index in [1.807, 2.05) is 41.1 Å². The Balaban J connectivity index is 1.52. The summed E-state index contributed by atoms with van der Waals surface area (Å²) in [6.07, 6.45) is 8.48. The van der Waals surface area contributed by atoms with Gasteiger partial charge < -0.3 is 9.80 Å². The monoisotopic (exact) mass is 395 g/mol. The molecule has 0 aromatic carbocycles. The van der Waals surface area contributed by atoms with Crippen molar-refractivity contribution in [3.05, 3.63) is 47.5 Å². The lowest BCUT2D eigenvalue weighted by atomic mass is 9.83. The van der Waals surface area contributed by atoms with Gasteiger partial charge in [-0.1, -0.05) is 12.5 Å². The number of likely N-dealkylation sites (tertiary alicyclic amines) is 1. The van der Waals surface area contributed by atoms with E-state index in [2.05, 4.69) is 10.1 Å². The van der Waals surface area contributed by atoms with Crippen molar-refractivity contribution in [2.45, 2.75) is 51.6 Å². The van der Waals surface area contributed by atoms with Gasteiger partial charge in [0, 0.05) is 51.0 Å². The minimum absolute atomic E-state index is 0.00443. The Morgan fingerprint density at radius 1 is 1.24 bits per heavy atom. The number of amides is 2. The Labute approximate surface area is 171 Å². The van der Waals surface area contributed by atoms with Crippen LogP contribution in [0.3, 0.4) is 0 Å². The second kappa shape index (κ2) is 8.35. The zero-order chi connectivity index (χ0) is 20.4. The van der Waals surface area contributed by atoms with Crippen molar-refractivity contribution in [3.63, 3.8) is 0 Å². The van der Waals surface area contributed by atoms with Gasteiger partial charge in [0.2, 0.25) is 5.91 Å². The first kappa shape index (κ1) is 19.6. The fourth-order valence-electron chi connectivity index (χ4n) is 4.33. The number of carbonyl (C=O) groups is 2. The molecule has 2 aromatic rings. The van der Waals surface area contributed by atoms with Gasteiger partial charge in [-0.3, -0.25) is 19.3 Å². The van der Waals surface area contributed by atoms with E-state index in [0.29, 0.717) is 18.8 Å². The summed E-state index contributed by atoms with van der Waals surface area (Å²) in [6.45, 7) is 3.74. The number of hydrogen-bond acceptors (Lipinski definition) is 4. The SMILES string of the molecule is Cc1cc(C(=O)N2CCCC(N(Cc3cccnc3)C(=O)C3CCC3)C2)n(C)n1. The standard InChI is InChI=1S/C22H29N5O2/c1-16-12-20(25(2)24-16)22(29)26-11-5-9-19(15-26)27(21(28)18-7-3-8-18)14-17-6-4-10-23-13-17/h4,6,10,12-13,18-19H,3,5,7-9,11,14-15H2,1-2H3. The molecule has 0 spiro atoms. The number of pyridine rings is 1. The number of piperidine rings is 1. The van der Waals surface area contributed by atoms with E-state index in [9.17, 15) is 9.59 Å². The van der Waals surface area contributed by atoms with E-state index in [1.54, 1.807) is 17.9 Å². The first-order chi connectivity index (χ1) is 14.0. The van der Waals surface area contributed by atoms with Gasteiger partial charge in [0.25, 0.3) is 5.91 Å². The molecule has 7 heteroatoms. The van der Waals surface area contributed by atoms with E-state index >= 15 is 0 Å². The highest BCUT2D eigenvalue weighted by Crippen LogP contribution is 2.31. The lowest BCUT2D eigenvalue weighted by Gasteiger charge is -2.42. The minimum atomic E-state index is -0.00443. The third-order valence-corrected chi connectivity index (χ3v) is 6.16. The van der Waals surface area contributed by atoms with Crippen LogP contribution < -0.4 is 0 Å². The predicted octanol–water partition coefficient (Wildman–Crippen LogP) is 2.56. The maximum atomic E-state index is 13.2. The number of rotatable bonds is 5. The van der Waals surface area contributed by atoms with Crippen molar-refractivity contribution in [2.75, 3.05) is 13.1 Å².